The van der Waals surface area contributed by atoms with E-state index < -0.39 is 53.8 Å². The van der Waals surface area contributed by atoms with Gasteiger partial charge in [-0.05, 0) is 48.2 Å². The number of unbranched alkanes of at least 4 members (excludes halogenated alkanes) is 2. The van der Waals surface area contributed by atoms with Gasteiger partial charge in [-0.25, -0.2) is 4.79 Å². The molecular weight excluding hydrogens is 758 g/mol. The highest BCUT2D eigenvalue weighted by Crippen LogP contribution is 2.18. The summed E-state index contributed by atoms with van der Waals surface area (Å²) in [6.07, 6.45) is 3.20. The summed E-state index contributed by atoms with van der Waals surface area (Å²) < 4.78 is 10.0. The van der Waals surface area contributed by atoms with Crippen molar-refractivity contribution in [3.8, 4) is 5.75 Å². The second-order valence-electron chi connectivity index (χ2n) is 12.7. The normalized spacial score (nSPS) is 12.2. The number of non-ortho nitro benzene ring substituents is 1. The van der Waals surface area contributed by atoms with E-state index in [1.165, 1.54) is 36.4 Å². The molecule has 3 aromatic carbocycles. The van der Waals surface area contributed by atoms with Crippen molar-refractivity contribution in [2.24, 2.45) is 0 Å². The van der Waals surface area contributed by atoms with Crippen molar-refractivity contribution in [1.82, 2.24) is 26.2 Å². The van der Waals surface area contributed by atoms with Crippen molar-refractivity contribution >= 4 is 58.9 Å². The van der Waals surface area contributed by atoms with Gasteiger partial charge in [0.2, 0.25) is 29.5 Å². The van der Waals surface area contributed by atoms with Gasteiger partial charge in [0.1, 0.15) is 18.4 Å². The zero-order valence-electron chi connectivity index (χ0n) is 31.1. The SMILES string of the molecule is O=C(CCCCCN1C(=O)C=CC1=O)NCC(=O)NCC(=O)N[C@@H](Cc1ccccc1)C(=O)NCC(=O)Nc1ccc(COC(=O)Oc2ccc([N+](=O)[O-])cc2)cc1. The summed E-state index contributed by atoms with van der Waals surface area (Å²) in [6.45, 7) is -1.21. The predicted molar refractivity (Wildman–Crippen MR) is 204 cm³/mol. The van der Waals surface area contributed by atoms with Crippen LogP contribution in [0.1, 0.15) is 36.8 Å². The molecule has 1 aliphatic rings. The summed E-state index contributed by atoms with van der Waals surface area (Å²) in [5, 5.41) is 23.3. The quantitative estimate of drug-likeness (QED) is 0.0258. The molecular formula is C39H41N7O12. The van der Waals surface area contributed by atoms with Crippen LogP contribution in [0.3, 0.4) is 0 Å². The Morgan fingerprint density at radius 2 is 1.33 bits per heavy atom. The minimum atomic E-state index is -1.11. The highest BCUT2D eigenvalue weighted by atomic mass is 16.7. The van der Waals surface area contributed by atoms with E-state index >= 15 is 0 Å². The van der Waals surface area contributed by atoms with E-state index in [0.717, 1.165) is 10.5 Å². The molecule has 0 spiro atoms. The van der Waals surface area contributed by atoms with Gasteiger partial charge in [-0.1, -0.05) is 48.9 Å². The summed E-state index contributed by atoms with van der Waals surface area (Å²) in [5.74, 6) is -3.60. The maximum Gasteiger partial charge on any atom is 0.514 e. The first-order chi connectivity index (χ1) is 27.9. The Hall–Kier alpha value is -7.44. The number of amides is 7. The standard InChI is InChI=1S/C39H41N7O12/c47-32(9-5-2-6-20-45-36(51)18-19-37(45)52)40-22-33(48)41-23-35(50)44-31(21-26-7-3-1-4-8-26)38(53)42-24-34(49)43-28-12-10-27(11-13-28)25-57-39(54)58-30-16-14-29(15-17-30)46(55)56/h1,3-4,7-8,10-19,31H,2,5-6,9,20-25H2,(H,40,47)(H,41,48)(H,42,53)(H,43,49)(H,44,50)/t31-/m0/s1. The molecule has 5 N–H and O–H groups in total. The van der Waals surface area contributed by atoms with E-state index in [1.807, 2.05) is 0 Å². The minimum Gasteiger partial charge on any atom is -0.429 e. The fraction of sp³-hybridized carbons (Fsp3) is 0.282. The number of hydrogen-bond acceptors (Lipinski definition) is 12. The third kappa shape index (κ3) is 15.0. The number of anilines is 1. The lowest BCUT2D eigenvalue weighted by molar-refractivity contribution is -0.384. The summed E-state index contributed by atoms with van der Waals surface area (Å²) in [5.41, 5.74) is 1.49. The number of ether oxygens (including phenoxy) is 2. The minimum absolute atomic E-state index is 0.0621. The number of carbonyl (C=O) groups excluding carboxylic acids is 8. The fourth-order valence-corrected chi connectivity index (χ4v) is 5.28. The van der Waals surface area contributed by atoms with Crippen LogP contribution in [0.2, 0.25) is 0 Å². The lowest BCUT2D eigenvalue weighted by Crippen LogP contribution is -2.52. The topological polar surface area (TPSA) is 262 Å². The first-order valence-electron chi connectivity index (χ1n) is 18.0. The van der Waals surface area contributed by atoms with Gasteiger partial charge in [0.05, 0.1) is 24.6 Å². The van der Waals surface area contributed by atoms with E-state index in [9.17, 15) is 48.5 Å². The van der Waals surface area contributed by atoms with Gasteiger partial charge in [0.25, 0.3) is 17.5 Å². The van der Waals surface area contributed by atoms with E-state index in [0.29, 0.717) is 30.5 Å². The summed E-state index contributed by atoms with van der Waals surface area (Å²) in [7, 11) is 0. The van der Waals surface area contributed by atoms with Crippen molar-refractivity contribution in [2.75, 3.05) is 31.5 Å². The Labute approximate surface area is 331 Å². The van der Waals surface area contributed by atoms with Crippen LogP contribution >= 0.6 is 0 Å². The summed E-state index contributed by atoms with van der Waals surface area (Å²) in [6, 6.07) is 18.8. The van der Waals surface area contributed by atoms with Crippen LogP contribution in [0.4, 0.5) is 16.2 Å². The average molecular weight is 800 g/mol. The summed E-state index contributed by atoms with van der Waals surface area (Å²) in [4.78, 5) is 109. The monoisotopic (exact) mass is 799 g/mol. The number of benzene rings is 3. The number of nitro groups is 1. The van der Waals surface area contributed by atoms with Crippen molar-refractivity contribution in [3.05, 3.63) is 112 Å². The highest BCUT2D eigenvalue weighted by molar-refractivity contribution is 6.12. The molecule has 0 bridgehead atoms. The van der Waals surface area contributed by atoms with Crippen LogP contribution < -0.4 is 31.3 Å². The molecule has 0 fully saturated rings. The molecule has 0 radical (unpaired) electrons. The number of nitrogens with one attached hydrogen (secondary N) is 5. The molecule has 1 atom stereocenters. The lowest BCUT2D eigenvalue weighted by atomic mass is 10.1. The molecule has 0 unspecified atom stereocenters. The van der Waals surface area contributed by atoms with Crippen LogP contribution in [0.25, 0.3) is 0 Å². The number of rotatable bonds is 21. The van der Waals surface area contributed by atoms with Crippen molar-refractivity contribution < 1.29 is 52.8 Å². The number of carbonyl (C=O) groups is 8. The van der Waals surface area contributed by atoms with E-state index in [2.05, 4.69) is 26.6 Å². The molecule has 0 aliphatic carbocycles. The second kappa shape index (κ2) is 22.2. The summed E-state index contributed by atoms with van der Waals surface area (Å²) >= 11 is 0. The van der Waals surface area contributed by atoms with E-state index in [1.54, 1.807) is 54.6 Å². The maximum atomic E-state index is 13.2. The molecule has 4 rings (SSSR count). The number of hydrogen-bond donors (Lipinski definition) is 5. The first kappa shape index (κ1) is 43.3. The third-order valence-corrected chi connectivity index (χ3v) is 8.28. The molecule has 19 nitrogen and oxygen atoms in total. The number of imide groups is 1. The Bertz CT molecular complexity index is 1990. The van der Waals surface area contributed by atoms with Crippen LogP contribution in [0, 0.1) is 10.1 Å². The van der Waals surface area contributed by atoms with Gasteiger partial charge in [-0.2, -0.15) is 0 Å². The zero-order chi connectivity index (χ0) is 41.9. The van der Waals surface area contributed by atoms with Crippen LogP contribution in [0.15, 0.2) is 91.0 Å². The lowest BCUT2D eigenvalue weighted by Gasteiger charge is -2.19. The number of nitro benzene ring substituents is 1. The Balaban J connectivity index is 1.14. The Kier molecular flexibility index (Phi) is 16.6. The molecule has 1 heterocycles. The third-order valence-electron chi connectivity index (χ3n) is 8.28. The predicted octanol–water partition coefficient (Wildman–Crippen LogP) is 1.81. The van der Waals surface area contributed by atoms with Crippen LogP contribution in [-0.2, 0) is 51.3 Å². The largest absolute Gasteiger partial charge is 0.514 e. The van der Waals surface area contributed by atoms with Crippen LogP contribution in [0.5, 0.6) is 5.75 Å². The first-order valence-corrected chi connectivity index (χ1v) is 18.0. The smallest absolute Gasteiger partial charge is 0.429 e. The number of nitrogens with zero attached hydrogens (tertiary/aromatic N) is 2. The second-order valence-corrected chi connectivity index (χ2v) is 12.7. The molecule has 58 heavy (non-hydrogen) atoms. The van der Waals surface area contributed by atoms with Gasteiger partial charge in [0.15, 0.2) is 0 Å². The molecule has 7 amide bonds. The molecule has 0 aromatic heterocycles. The fourth-order valence-electron chi connectivity index (χ4n) is 5.28. The Morgan fingerprint density at radius 1 is 0.690 bits per heavy atom. The molecule has 0 saturated heterocycles. The molecule has 3 aromatic rings. The van der Waals surface area contributed by atoms with Gasteiger partial charge < -0.3 is 36.1 Å². The molecule has 19 heteroatoms. The van der Waals surface area contributed by atoms with E-state index in [-0.39, 0.29) is 61.7 Å². The van der Waals surface area contributed by atoms with Crippen molar-refractivity contribution in [1.29, 1.82) is 0 Å². The van der Waals surface area contributed by atoms with Gasteiger partial charge >= 0.3 is 6.16 Å². The maximum absolute atomic E-state index is 13.2. The van der Waals surface area contributed by atoms with Crippen LogP contribution in [-0.4, -0.2) is 89.5 Å². The van der Waals surface area contributed by atoms with Crippen molar-refractivity contribution in [2.45, 2.75) is 44.8 Å². The zero-order valence-corrected chi connectivity index (χ0v) is 31.1. The van der Waals surface area contributed by atoms with Gasteiger partial charge in [-0.15, -0.1) is 0 Å². The van der Waals surface area contributed by atoms with E-state index in [4.69, 9.17) is 9.47 Å². The molecule has 304 valence electrons. The van der Waals surface area contributed by atoms with Gasteiger partial charge in [0, 0.05) is 49.4 Å². The molecule has 1 aliphatic heterocycles. The van der Waals surface area contributed by atoms with Gasteiger partial charge in [-0.3, -0.25) is 48.6 Å². The highest BCUT2D eigenvalue weighted by Gasteiger charge is 2.23. The Morgan fingerprint density at radius 3 is 2.00 bits per heavy atom. The molecule has 0 saturated carbocycles. The van der Waals surface area contributed by atoms with Crippen molar-refractivity contribution in [3.63, 3.8) is 0 Å². The average Bonchev–Trinajstić information content (AvgIpc) is 3.53.